The number of nitrogens with zero attached hydrogens (tertiary/aromatic N) is 3. The Labute approximate surface area is 261 Å². The van der Waals surface area contributed by atoms with Crippen LogP contribution in [0.25, 0.3) is 22.0 Å². The molecule has 0 aliphatic rings. The molecule has 0 saturated carbocycles. The molecule has 0 spiro atoms. The van der Waals surface area contributed by atoms with Crippen molar-refractivity contribution in [3.05, 3.63) is 118 Å². The number of carbonyl (C=O) groups is 2. The predicted molar refractivity (Wildman–Crippen MR) is 169 cm³/mol. The number of furan rings is 1. The molecule has 5 aromatic rings. The van der Waals surface area contributed by atoms with Crippen LogP contribution < -0.4 is 0 Å². The number of aromatic nitrogens is 2. The van der Waals surface area contributed by atoms with Gasteiger partial charge in [0.05, 0.1) is 40.8 Å². The molecule has 0 saturated heterocycles. The maximum absolute atomic E-state index is 14.4. The molecule has 8 nitrogen and oxygen atoms in total. The molecule has 0 bridgehead atoms. The lowest BCUT2D eigenvalue weighted by Gasteiger charge is -2.24. The van der Waals surface area contributed by atoms with Crippen LogP contribution in [0.1, 0.15) is 71.1 Å². The highest BCUT2D eigenvalue weighted by molar-refractivity contribution is 6.31. The lowest BCUT2D eigenvalue weighted by atomic mass is 9.97. The van der Waals surface area contributed by atoms with Crippen molar-refractivity contribution < 1.29 is 24.2 Å². The lowest BCUT2D eigenvalue weighted by Crippen LogP contribution is -2.31. The predicted octanol–water partition coefficient (Wildman–Crippen LogP) is 7.42. The normalized spacial score (nSPS) is 12.3. The van der Waals surface area contributed by atoms with Crippen molar-refractivity contribution in [1.82, 2.24) is 14.9 Å². The molecule has 0 aliphatic carbocycles. The van der Waals surface area contributed by atoms with Crippen LogP contribution in [0, 0.1) is 13.8 Å². The van der Waals surface area contributed by atoms with Crippen LogP contribution in [0.4, 0.5) is 0 Å². The average molecular weight is 612 g/mol. The van der Waals surface area contributed by atoms with Crippen LogP contribution >= 0.6 is 11.6 Å². The molecule has 44 heavy (non-hydrogen) atoms. The highest BCUT2D eigenvalue weighted by Gasteiger charge is 2.26. The maximum atomic E-state index is 14.4. The summed E-state index contributed by atoms with van der Waals surface area (Å²) in [6.45, 7) is 8.88. The summed E-state index contributed by atoms with van der Waals surface area (Å²) in [5.41, 5.74) is 4.29. The van der Waals surface area contributed by atoms with E-state index in [-0.39, 0.29) is 19.0 Å². The fraction of sp³-hybridized carbons (Fsp3) is 0.257. The smallest absolute Gasteiger partial charge is 0.310 e. The number of halogens is 1. The Bertz CT molecular complexity index is 1870. The van der Waals surface area contributed by atoms with Gasteiger partial charge >= 0.3 is 5.97 Å². The topological polar surface area (TPSA) is 117 Å². The molecule has 1 amide bonds. The summed E-state index contributed by atoms with van der Waals surface area (Å²) in [6, 6.07) is 20.0. The van der Waals surface area contributed by atoms with Gasteiger partial charge in [-0.05, 0) is 75.6 Å². The van der Waals surface area contributed by atoms with E-state index in [1.165, 1.54) is 0 Å². The fourth-order valence-electron chi connectivity index (χ4n) is 5.09. The Morgan fingerprint density at radius 3 is 2.43 bits per heavy atom. The Balaban J connectivity index is 1.53. The van der Waals surface area contributed by atoms with Gasteiger partial charge in [-0.25, -0.2) is 0 Å². The standard InChI is InChI=1S/C35H34ClN3O5/c1-20-22(3)38-29-12-7-6-11-27(29)32(20)33(40)39(18-26-13-14-31(44-26)35(4,5)43)19-30-28(36)16-25(17-37-30)24-10-8-9-23(15-24)21(2)34(41)42/h6-17,21,43H,18-19H2,1-5H3,(H,41,42). The molecule has 1 atom stereocenters. The minimum atomic E-state index is -1.18. The number of fused-ring (bicyclic) bond motifs is 1. The van der Waals surface area contributed by atoms with Crippen LogP contribution in [-0.4, -0.2) is 37.0 Å². The zero-order chi connectivity index (χ0) is 31.8. The molecule has 2 aromatic carbocycles. The lowest BCUT2D eigenvalue weighted by molar-refractivity contribution is -0.138. The molecule has 226 valence electrons. The maximum Gasteiger partial charge on any atom is 0.310 e. The number of hydrogen-bond acceptors (Lipinski definition) is 6. The highest BCUT2D eigenvalue weighted by atomic mass is 35.5. The van der Waals surface area contributed by atoms with Gasteiger partial charge in [-0.15, -0.1) is 0 Å². The molecule has 1 unspecified atom stereocenters. The van der Waals surface area contributed by atoms with Gasteiger partial charge in [0, 0.05) is 22.8 Å². The number of aliphatic carboxylic acids is 1. The molecule has 0 fully saturated rings. The summed E-state index contributed by atoms with van der Waals surface area (Å²) < 4.78 is 5.95. The van der Waals surface area contributed by atoms with Gasteiger partial charge in [0.25, 0.3) is 5.91 Å². The van der Waals surface area contributed by atoms with E-state index < -0.39 is 17.5 Å². The van der Waals surface area contributed by atoms with Gasteiger partial charge in [-0.1, -0.05) is 54.1 Å². The number of hydrogen-bond donors (Lipinski definition) is 2. The number of aliphatic hydroxyl groups is 1. The number of carboxylic acid groups (broad SMARTS) is 1. The summed E-state index contributed by atoms with van der Waals surface area (Å²) in [6.07, 6.45) is 1.67. The largest absolute Gasteiger partial charge is 0.481 e. The Morgan fingerprint density at radius 1 is 1.00 bits per heavy atom. The number of carbonyl (C=O) groups excluding carboxylic acids is 1. The minimum absolute atomic E-state index is 0.0850. The summed E-state index contributed by atoms with van der Waals surface area (Å²) in [4.78, 5) is 36.8. The van der Waals surface area contributed by atoms with Crippen LogP contribution in [0.15, 0.2) is 77.3 Å². The van der Waals surface area contributed by atoms with E-state index in [2.05, 4.69) is 9.97 Å². The Hall–Kier alpha value is -4.53. The van der Waals surface area contributed by atoms with E-state index in [0.717, 1.165) is 33.3 Å². The van der Waals surface area contributed by atoms with Gasteiger partial charge < -0.3 is 19.5 Å². The third-order valence-corrected chi connectivity index (χ3v) is 8.17. The van der Waals surface area contributed by atoms with Gasteiger partial charge in [0.1, 0.15) is 17.1 Å². The first-order valence-corrected chi connectivity index (χ1v) is 14.7. The second-order valence-electron chi connectivity index (χ2n) is 11.5. The quantitative estimate of drug-likeness (QED) is 0.178. The van der Waals surface area contributed by atoms with Crippen molar-refractivity contribution >= 4 is 34.4 Å². The average Bonchev–Trinajstić information content (AvgIpc) is 3.47. The summed E-state index contributed by atoms with van der Waals surface area (Å²) >= 11 is 6.78. The zero-order valence-corrected chi connectivity index (χ0v) is 26.0. The highest BCUT2D eigenvalue weighted by Crippen LogP contribution is 2.31. The molecule has 3 aromatic heterocycles. The number of aryl methyl sites for hydroxylation is 1. The van der Waals surface area contributed by atoms with E-state index in [0.29, 0.717) is 33.4 Å². The van der Waals surface area contributed by atoms with Crippen LogP contribution in [0.5, 0.6) is 0 Å². The first-order valence-electron chi connectivity index (χ1n) is 14.3. The van der Waals surface area contributed by atoms with Gasteiger partial charge in [0.2, 0.25) is 0 Å². The third-order valence-electron chi connectivity index (χ3n) is 7.84. The number of para-hydroxylation sites is 1. The van der Waals surface area contributed by atoms with Crippen LogP contribution in [-0.2, 0) is 23.5 Å². The number of carboxylic acids is 1. The number of benzene rings is 2. The summed E-state index contributed by atoms with van der Waals surface area (Å²) in [5, 5.41) is 21.0. The number of pyridine rings is 2. The third kappa shape index (κ3) is 6.37. The fourth-order valence-corrected chi connectivity index (χ4v) is 5.32. The van der Waals surface area contributed by atoms with Crippen LogP contribution in [0.3, 0.4) is 0 Å². The van der Waals surface area contributed by atoms with E-state index in [9.17, 15) is 19.8 Å². The first kappa shape index (κ1) is 30.9. The molecule has 0 aliphatic heterocycles. The Kier molecular flexibility index (Phi) is 8.59. The number of amides is 1. The Morgan fingerprint density at radius 2 is 1.75 bits per heavy atom. The molecule has 5 rings (SSSR count). The van der Waals surface area contributed by atoms with Crippen molar-refractivity contribution in [2.75, 3.05) is 0 Å². The summed E-state index contributed by atoms with van der Waals surface area (Å²) in [5.74, 6) is -0.909. The van der Waals surface area contributed by atoms with Crippen molar-refractivity contribution in [2.24, 2.45) is 0 Å². The monoisotopic (exact) mass is 611 g/mol. The summed E-state index contributed by atoms with van der Waals surface area (Å²) in [7, 11) is 0. The van der Waals surface area contributed by atoms with Crippen molar-refractivity contribution in [2.45, 2.75) is 59.2 Å². The molecular formula is C35H34ClN3O5. The van der Waals surface area contributed by atoms with E-state index in [4.69, 9.17) is 16.0 Å². The minimum Gasteiger partial charge on any atom is -0.481 e. The van der Waals surface area contributed by atoms with Gasteiger partial charge in [-0.2, -0.15) is 0 Å². The van der Waals surface area contributed by atoms with E-state index in [1.807, 2.05) is 50.2 Å². The van der Waals surface area contributed by atoms with Crippen molar-refractivity contribution in [1.29, 1.82) is 0 Å². The first-order chi connectivity index (χ1) is 20.8. The van der Waals surface area contributed by atoms with Crippen LogP contribution in [0.2, 0.25) is 5.02 Å². The number of rotatable bonds is 9. The van der Waals surface area contributed by atoms with Crippen molar-refractivity contribution in [3.63, 3.8) is 0 Å². The molecule has 3 heterocycles. The van der Waals surface area contributed by atoms with Crippen molar-refractivity contribution in [3.8, 4) is 11.1 Å². The van der Waals surface area contributed by atoms with E-state index >= 15 is 0 Å². The molecular weight excluding hydrogens is 578 g/mol. The molecule has 9 heteroatoms. The van der Waals surface area contributed by atoms with E-state index in [1.54, 1.807) is 62.2 Å². The van der Waals surface area contributed by atoms with Gasteiger partial charge in [0.15, 0.2) is 0 Å². The molecule has 0 radical (unpaired) electrons. The zero-order valence-electron chi connectivity index (χ0n) is 25.3. The molecule has 2 N–H and O–H groups in total. The second kappa shape index (κ2) is 12.2. The van der Waals surface area contributed by atoms with Gasteiger partial charge in [-0.3, -0.25) is 19.6 Å². The SMILES string of the molecule is Cc1nc2ccccc2c(C(=O)N(Cc2ccc(C(C)(C)O)o2)Cc2ncc(-c3cccc(C(C)C(=O)O)c3)cc2Cl)c1C. The second-order valence-corrected chi connectivity index (χ2v) is 11.9.